The first-order valence-corrected chi connectivity index (χ1v) is 8.16. The Hall–Kier alpha value is -2.82. The molecule has 1 aliphatic rings. The predicted molar refractivity (Wildman–Crippen MR) is 94.3 cm³/mol. The summed E-state index contributed by atoms with van der Waals surface area (Å²) in [4.78, 5) is 24.8. The molecule has 0 aromatic heterocycles. The highest BCUT2D eigenvalue weighted by Crippen LogP contribution is 2.35. The Morgan fingerprint density at radius 2 is 1.92 bits per heavy atom. The van der Waals surface area contributed by atoms with Gasteiger partial charge >= 0.3 is 0 Å². The molecule has 1 unspecified atom stereocenters. The van der Waals surface area contributed by atoms with Crippen molar-refractivity contribution in [2.24, 2.45) is 0 Å². The van der Waals surface area contributed by atoms with Crippen LogP contribution in [0.4, 0.5) is 0 Å². The topological polar surface area (TPSA) is 64.6 Å². The van der Waals surface area contributed by atoms with Crippen molar-refractivity contribution in [3.8, 4) is 11.5 Å². The average Bonchev–Trinajstić information content (AvgIpc) is 2.97. The highest BCUT2D eigenvalue weighted by molar-refractivity contribution is 6.07. The summed E-state index contributed by atoms with van der Waals surface area (Å²) >= 11 is 0. The van der Waals surface area contributed by atoms with Gasteiger partial charge in [-0.05, 0) is 35.7 Å². The maximum atomic E-state index is 12.6. The van der Waals surface area contributed by atoms with Crippen molar-refractivity contribution < 1.29 is 19.1 Å². The van der Waals surface area contributed by atoms with Gasteiger partial charge in [-0.15, -0.1) is 0 Å². The number of fused-ring (bicyclic) bond motifs is 1. The highest BCUT2D eigenvalue weighted by atomic mass is 16.5. The Bertz CT molecular complexity index is 828. The van der Waals surface area contributed by atoms with Gasteiger partial charge in [-0.2, -0.15) is 0 Å². The van der Waals surface area contributed by atoms with Crippen molar-refractivity contribution in [1.29, 1.82) is 0 Å². The van der Waals surface area contributed by atoms with E-state index in [1.807, 2.05) is 31.2 Å². The van der Waals surface area contributed by atoms with E-state index >= 15 is 0 Å². The molecular weight excluding hydrogens is 318 g/mol. The van der Waals surface area contributed by atoms with Crippen molar-refractivity contribution >= 4 is 11.7 Å². The van der Waals surface area contributed by atoms with E-state index in [-0.39, 0.29) is 18.1 Å². The third kappa shape index (κ3) is 3.22. The highest BCUT2D eigenvalue weighted by Gasteiger charge is 2.35. The van der Waals surface area contributed by atoms with E-state index in [1.165, 1.54) is 0 Å². The second-order valence-corrected chi connectivity index (χ2v) is 6.12. The number of ketones is 1. The van der Waals surface area contributed by atoms with Crippen molar-refractivity contribution in [3.63, 3.8) is 0 Å². The van der Waals surface area contributed by atoms with Crippen LogP contribution in [0.3, 0.4) is 0 Å². The Morgan fingerprint density at radius 1 is 1.16 bits per heavy atom. The lowest BCUT2D eigenvalue weighted by Crippen LogP contribution is -2.28. The fourth-order valence-electron chi connectivity index (χ4n) is 3.31. The number of methoxy groups -OCH3 is 2. The minimum Gasteiger partial charge on any atom is -0.493 e. The number of nitrogens with one attached hydrogen (secondary N) is 1. The standard InChI is InChI=1S/C20H21NO4/c1-12-5-4-6-14-16(22)10-15(19(12)14)20(23)21-11-13-7-8-17(24-2)18(9-13)25-3/h4-9,15H,10-11H2,1-3H3,(H,21,23). The second kappa shape index (κ2) is 6.97. The van der Waals surface area contributed by atoms with Crippen molar-refractivity contribution in [3.05, 3.63) is 58.7 Å². The van der Waals surface area contributed by atoms with Gasteiger partial charge < -0.3 is 14.8 Å². The predicted octanol–water partition coefficient (Wildman–Crippen LogP) is 3.00. The first-order valence-electron chi connectivity index (χ1n) is 8.16. The largest absolute Gasteiger partial charge is 0.493 e. The molecular formula is C20H21NO4. The van der Waals surface area contributed by atoms with Crippen LogP contribution < -0.4 is 14.8 Å². The summed E-state index contributed by atoms with van der Waals surface area (Å²) in [5, 5.41) is 2.93. The zero-order valence-electron chi connectivity index (χ0n) is 14.6. The lowest BCUT2D eigenvalue weighted by atomic mass is 9.96. The quantitative estimate of drug-likeness (QED) is 0.909. The van der Waals surface area contributed by atoms with Crippen LogP contribution in [-0.2, 0) is 11.3 Å². The molecule has 1 atom stereocenters. The molecule has 0 heterocycles. The molecule has 0 spiro atoms. The number of benzene rings is 2. The summed E-state index contributed by atoms with van der Waals surface area (Å²) < 4.78 is 10.5. The Labute approximate surface area is 147 Å². The van der Waals surface area contributed by atoms with Crippen molar-refractivity contribution in [1.82, 2.24) is 5.32 Å². The van der Waals surface area contributed by atoms with Gasteiger partial charge in [-0.1, -0.05) is 24.3 Å². The van der Waals surface area contributed by atoms with E-state index in [0.29, 0.717) is 23.6 Å². The maximum Gasteiger partial charge on any atom is 0.228 e. The summed E-state index contributed by atoms with van der Waals surface area (Å²) in [6.07, 6.45) is 0.234. The van der Waals surface area contributed by atoms with Crippen LogP contribution in [0.15, 0.2) is 36.4 Å². The van der Waals surface area contributed by atoms with Gasteiger partial charge in [0.2, 0.25) is 5.91 Å². The van der Waals surface area contributed by atoms with E-state index in [1.54, 1.807) is 26.4 Å². The first kappa shape index (κ1) is 17.0. The first-order chi connectivity index (χ1) is 12.0. The van der Waals surface area contributed by atoms with Gasteiger partial charge in [-0.25, -0.2) is 0 Å². The molecule has 0 saturated heterocycles. The van der Waals surface area contributed by atoms with Gasteiger partial charge in [-0.3, -0.25) is 9.59 Å². The fourth-order valence-corrected chi connectivity index (χ4v) is 3.31. The number of hydrogen-bond donors (Lipinski definition) is 1. The SMILES string of the molecule is COc1ccc(CNC(=O)C2CC(=O)c3cccc(C)c32)cc1OC. The molecule has 1 amide bonds. The monoisotopic (exact) mass is 339 g/mol. The van der Waals surface area contributed by atoms with Gasteiger partial charge in [0.1, 0.15) is 0 Å². The Morgan fingerprint density at radius 3 is 2.64 bits per heavy atom. The number of carbonyl (C=O) groups is 2. The minimum absolute atomic E-state index is 0.0324. The van der Waals surface area contributed by atoms with Crippen LogP contribution in [-0.4, -0.2) is 25.9 Å². The number of ether oxygens (including phenoxy) is 2. The number of aryl methyl sites for hydroxylation is 1. The normalized spacial score (nSPS) is 15.6. The van der Waals surface area contributed by atoms with E-state index in [2.05, 4.69) is 5.32 Å². The Kier molecular flexibility index (Phi) is 4.74. The molecule has 5 heteroatoms. The molecule has 0 saturated carbocycles. The molecule has 3 rings (SSSR count). The van der Waals surface area contributed by atoms with Gasteiger partial charge in [0, 0.05) is 18.5 Å². The average molecular weight is 339 g/mol. The van der Waals surface area contributed by atoms with Gasteiger partial charge in [0.25, 0.3) is 0 Å². The van der Waals surface area contributed by atoms with Crippen LogP contribution >= 0.6 is 0 Å². The molecule has 2 aromatic carbocycles. The van der Waals surface area contributed by atoms with Crippen LogP contribution in [0.1, 0.15) is 39.4 Å². The summed E-state index contributed by atoms with van der Waals surface area (Å²) in [5.74, 6) is 0.750. The fraction of sp³-hybridized carbons (Fsp3) is 0.300. The number of Topliss-reactive ketones (excluding diaryl/α,β-unsaturated/α-hetero) is 1. The third-order valence-electron chi connectivity index (χ3n) is 4.59. The summed E-state index contributed by atoms with van der Waals surface area (Å²) in [5.41, 5.74) is 3.42. The lowest BCUT2D eigenvalue weighted by Gasteiger charge is -2.14. The minimum atomic E-state index is -0.413. The smallest absolute Gasteiger partial charge is 0.228 e. The molecule has 0 fully saturated rings. The van der Waals surface area contributed by atoms with Crippen LogP contribution in [0.25, 0.3) is 0 Å². The number of hydrogen-bond acceptors (Lipinski definition) is 4. The van der Waals surface area contributed by atoms with E-state index in [0.717, 1.165) is 16.7 Å². The molecule has 5 nitrogen and oxygen atoms in total. The number of rotatable bonds is 5. The molecule has 2 aromatic rings. The second-order valence-electron chi connectivity index (χ2n) is 6.12. The van der Waals surface area contributed by atoms with Crippen LogP contribution in [0.2, 0.25) is 0 Å². The van der Waals surface area contributed by atoms with E-state index < -0.39 is 5.92 Å². The van der Waals surface area contributed by atoms with Crippen LogP contribution in [0.5, 0.6) is 11.5 Å². The number of carbonyl (C=O) groups excluding carboxylic acids is 2. The molecule has 130 valence electrons. The molecule has 0 aliphatic heterocycles. The molecule has 1 aliphatic carbocycles. The van der Waals surface area contributed by atoms with Gasteiger partial charge in [0.05, 0.1) is 20.1 Å². The van der Waals surface area contributed by atoms with Crippen LogP contribution in [0, 0.1) is 6.92 Å². The van der Waals surface area contributed by atoms with Crippen molar-refractivity contribution in [2.75, 3.05) is 14.2 Å². The molecule has 0 radical (unpaired) electrons. The zero-order chi connectivity index (χ0) is 18.0. The van der Waals surface area contributed by atoms with Crippen molar-refractivity contribution in [2.45, 2.75) is 25.8 Å². The Balaban J connectivity index is 1.74. The maximum absolute atomic E-state index is 12.6. The lowest BCUT2D eigenvalue weighted by molar-refractivity contribution is -0.122. The third-order valence-corrected chi connectivity index (χ3v) is 4.59. The summed E-state index contributed by atoms with van der Waals surface area (Å²) in [6.45, 7) is 2.30. The van der Waals surface area contributed by atoms with E-state index in [9.17, 15) is 9.59 Å². The molecule has 1 N–H and O–H groups in total. The number of amides is 1. The summed E-state index contributed by atoms with van der Waals surface area (Å²) in [7, 11) is 3.15. The zero-order valence-corrected chi connectivity index (χ0v) is 14.6. The summed E-state index contributed by atoms with van der Waals surface area (Å²) in [6, 6.07) is 11.1. The molecule has 0 bridgehead atoms. The van der Waals surface area contributed by atoms with Gasteiger partial charge in [0.15, 0.2) is 17.3 Å². The van der Waals surface area contributed by atoms with E-state index in [4.69, 9.17) is 9.47 Å². The molecule has 25 heavy (non-hydrogen) atoms.